The first-order valence-corrected chi connectivity index (χ1v) is 9.29. The van der Waals surface area contributed by atoms with E-state index in [4.69, 9.17) is 6.42 Å². The SMILES string of the molecule is C#CC1CCC(C2CCC(CCCCCC)CC2)CC1. The van der Waals surface area contributed by atoms with Crippen molar-refractivity contribution in [2.75, 3.05) is 0 Å². The smallest absolute Gasteiger partial charge is 0.0200 e. The van der Waals surface area contributed by atoms with Crippen LogP contribution in [0.2, 0.25) is 0 Å². The predicted octanol–water partition coefficient (Wildman–Crippen LogP) is 6.20. The van der Waals surface area contributed by atoms with Gasteiger partial charge in [-0.05, 0) is 56.3 Å². The molecule has 2 fully saturated rings. The van der Waals surface area contributed by atoms with Gasteiger partial charge in [-0.1, -0.05) is 51.9 Å². The van der Waals surface area contributed by atoms with Crippen molar-refractivity contribution in [2.45, 2.75) is 90.4 Å². The second-order valence-corrected chi connectivity index (χ2v) is 7.41. The molecule has 0 nitrogen and oxygen atoms in total. The number of rotatable bonds is 6. The summed E-state index contributed by atoms with van der Waals surface area (Å²) >= 11 is 0. The molecular formula is C20H34. The van der Waals surface area contributed by atoms with Crippen molar-refractivity contribution in [3.05, 3.63) is 0 Å². The molecular weight excluding hydrogens is 240 g/mol. The molecule has 0 aromatic heterocycles. The van der Waals surface area contributed by atoms with Gasteiger partial charge in [-0.2, -0.15) is 0 Å². The second kappa shape index (κ2) is 8.76. The maximum atomic E-state index is 5.56. The van der Waals surface area contributed by atoms with Gasteiger partial charge >= 0.3 is 0 Å². The molecule has 0 amide bonds. The van der Waals surface area contributed by atoms with Crippen LogP contribution >= 0.6 is 0 Å². The Balaban J connectivity index is 1.61. The van der Waals surface area contributed by atoms with E-state index in [1.807, 2.05) is 0 Å². The Morgan fingerprint density at radius 2 is 1.40 bits per heavy atom. The van der Waals surface area contributed by atoms with Crippen molar-refractivity contribution >= 4 is 0 Å². The van der Waals surface area contributed by atoms with Crippen LogP contribution in [0.4, 0.5) is 0 Å². The van der Waals surface area contributed by atoms with E-state index in [9.17, 15) is 0 Å². The molecule has 0 radical (unpaired) electrons. The van der Waals surface area contributed by atoms with E-state index in [1.54, 1.807) is 0 Å². The first-order valence-electron chi connectivity index (χ1n) is 9.29. The van der Waals surface area contributed by atoms with Crippen LogP contribution in [0.25, 0.3) is 0 Å². The fourth-order valence-corrected chi connectivity index (χ4v) is 4.57. The quantitative estimate of drug-likeness (QED) is 0.399. The van der Waals surface area contributed by atoms with Gasteiger partial charge in [0.25, 0.3) is 0 Å². The normalized spacial score (nSPS) is 34.6. The third kappa shape index (κ3) is 4.83. The maximum absolute atomic E-state index is 5.56. The minimum Gasteiger partial charge on any atom is -0.120 e. The van der Waals surface area contributed by atoms with Gasteiger partial charge in [0.1, 0.15) is 0 Å². The highest BCUT2D eigenvalue weighted by Gasteiger charge is 2.30. The zero-order valence-electron chi connectivity index (χ0n) is 13.6. The van der Waals surface area contributed by atoms with Crippen molar-refractivity contribution in [2.24, 2.45) is 23.7 Å². The summed E-state index contributed by atoms with van der Waals surface area (Å²) in [6.45, 7) is 2.31. The molecule has 0 aromatic carbocycles. The molecule has 2 rings (SSSR count). The minimum absolute atomic E-state index is 0.598. The topological polar surface area (TPSA) is 0 Å². The van der Waals surface area contributed by atoms with E-state index >= 15 is 0 Å². The van der Waals surface area contributed by atoms with Crippen molar-refractivity contribution in [1.82, 2.24) is 0 Å². The van der Waals surface area contributed by atoms with Gasteiger partial charge in [0, 0.05) is 5.92 Å². The molecule has 2 aliphatic carbocycles. The molecule has 20 heavy (non-hydrogen) atoms. The van der Waals surface area contributed by atoms with Gasteiger partial charge in [-0.15, -0.1) is 12.3 Å². The Bertz CT molecular complexity index is 282. The van der Waals surface area contributed by atoms with Crippen molar-refractivity contribution < 1.29 is 0 Å². The molecule has 0 N–H and O–H groups in total. The van der Waals surface area contributed by atoms with Crippen LogP contribution in [-0.4, -0.2) is 0 Å². The van der Waals surface area contributed by atoms with E-state index in [0.717, 1.165) is 17.8 Å². The van der Waals surface area contributed by atoms with Crippen LogP contribution in [0.15, 0.2) is 0 Å². The zero-order valence-corrected chi connectivity index (χ0v) is 13.6. The van der Waals surface area contributed by atoms with Crippen LogP contribution < -0.4 is 0 Å². The summed E-state index contributed by atoms with van der Waals surface area (Å²) in [5.41, 5.74) is 0. The molecule has 2 saturated carbocycles. The molecule has 0 aromatic rings. The highest BCUT2D eigenvalue weighted by atomic mass is 14.3. The van der Waals surface area contributed by atoms with Crippen LogP contribution in [0.3, 0.4) is 0 Å². The standard InChI is InChI=1S/C20H34/c1-3-5-6-7-8-18-11-15-20(16-12-18)19-13-9-17(4-2)10-14-19/h2,17-20H,3,5-16H2,1H3. The average molecular weight is 274 g/mol. The Morgan fingerprint density at radius 3 is 1.95 bits per heavy atom. The first-order chi connectivity index (χ1) is 9.83. The van der Waals surface area contributed by atoms with Crippen molar-refractivity contribution in [3.8, 4) is 12.3 Å². The van der Waals surface area contributed by atoms with E-state index < -0.39 is 0 Å². The van der Waals surface area contributed by atoms with Crippen LogP contribution in [0.5, 0.6) is 0 Å². The monoisotopic (exact) mass is 274 g/mol. The lowest BCUT2D eigenvalue weighted by molar-refractivity contribution is 0.153. The fourth-order valence-electron chi connectivity index (χ4n) is 4.57. The number of hydrogen-bond donors (Lipinski definition) is 0. The molecule has 0 heterocycles. The maximum Gasteiger partial charge on any atom is 0.0200 e. The summed E-state index contributed by atoms with van der Waals surface area (Å²) in [5.74, 6) is 6.68. The van der Waals surface area contributed by atoms with Gasteiger partial charge in [-0.25, -0.2) is 0 Å². The Labute approximate surface area is 127 Å². The van der Waals surface area contributed by atoms with Gasteiger partial charge in [-0.3, -0.25) is 0 Å². The van der Waals surface area contributed by atoms with Crippen molar-refractivity contribution in [1.29, 1.82) is 0 Å². The van der Waals surface area contributed by atoms with Crippen LogP contribution in [0, 0.1) is 36.0 Å². The molecule has 0 unspecified atom stereocenters. The summed E-state index contributed by atoms with van der Waals surface area (Å²) in [6, 6.07) is 0. The predicted molar refractivity (Wildman–Crippen MR) is 88.5 cm³/mol. The van der Waals surface area contributed by atoms with Gasteiger partial charge < -0.3 is 0 Å². The van der Waals surface area contributed by atoms with E-state index in [-0.39, 0.29) is 0 Å². The summed E-state index contributed by atoms with van der Waals surface area (Å²) in [4.78, 5) is 0. The number of unbranched alkanes of at least 4 members (excludes halogenated alkanes) is 3. The lowest BCUT2D eigenvalue weighted by atomic mass is 9.69. The fraction of sp³-hybridized carbons (Fsp3) is 0.900. The van der Waals surface area contributed by atoms with Crippen molar-refractivity contribution in [3.63, 3.8) is 0 Å². The van der Waals surface area contributed by atoms with E-state index in [0.29, 0.717) is 5.92 Å². The van der Waals surface area contributed by atoms with Gasteiger partial charge in [0.15, 0.2) is 0 Å². The molecule has 0 atom stereocenters. The number of hydrogen-bond acceptors (Lipinski definition) is 0. The minimum atomic E-state index is 0.598. The number of terminal acetylenes is 1. The van der Waals surface area contributed by atoms with E-state index in [2.05, 4.69) is 12.8 Å². The van der Waals surface area contributed by atoms with E-state index in [1.165, 1.54) is 83.5 Å². The lowest BCUT2D eigenvalue weighted by Crippen LogP contribution is -2.25. The molecule has 2 aliphatic rings. The van der Waals surface area contributed by atoms with Gasteiger partial charge in [0.2, 0.25) is 0 Å². The highest BCUT2D eigenvalue weighted by Crippen LogP contribution is 2.42. The lowest BCUT2D eigenvalue weighted by Gasteiger charge is -2.37. The Hall–Kier alpha value is -0.440. The van der Waals surface area contributed by atoms with Crippen LogP contribution in [0.1, 0.15) is 90.4 Å². The molecule has 114 valence electrons. The Kier molecular flexibility index (Phi) is 6.98. The highest BCUT2D eigenvalue weighted by molar-refractivity contribution is 4.96. The van der Waals surface area contributed by atoms with Gasteiger partial charge in [0.05, 0.1) is 0 Å². The summed E-state index contributed by atoms with van der Waals surface area (Å²) in [6.07, 6.45) is 24.3. The zero-order chi connectivity index (χ0) is 14.2. The molecule has 0 heteroatoms. The first kappa shape index (κ1) is 15.9. The average Bonchev–Trinajstić information content (AvgIpc) is 2.52. The third-order valence-corrected chi connectivity index (χ3v) is 6.03. The summed E-state index contributed by atoms with van der Waals surface area (Å²) in [7, 11) is 0. The van der Waals surface area contributed by atoms with Crippen LogP contribution in [-0.2, 0) is 0 Å². The molecule has 0 spiro atoms. The summed E-state index contributed by atoms with van der Waals surface area (Å²) < 4.78 is 0. The Morgan fingerprint density at radius 1 is 0.800 bits per heavy atom. The molecule has 0 aliphatic heterocycles. The largest absolute Gasteiger partial charge is 0.120 e. The molecule has 0 bridgehead atoms. The third-order valence-electron chi connectivity index (χ3n) is 6.03. The summed E-state index contributed by atoms with van der Waals surface area (Å²) in [5, 5.41) is 0. The second-order valence-electron chi connectivity index (χ2n) is 7.41. The molecule has 0 saturated heterocycles.